The molecule has 2 fully saturated rings. The molecule has 2 atom stereocenters. The molecule has 0 aromatic heterocycles. The molecule has 2 aliphatic rings. The smallest absolute Gasteiger partial charge is 0.0768 e. The van der Waals surface area contributed by atoms with E-state index in [4.69, 9.17) is 4.74 Å². The summed E-state index contributed by atoms with van der Waals surface area (Å²) in [5.41, 5.74) is -0.627. The van der Waals surface area contributed by atoms with Crippen LogP contribution in [-0.4, -0.2) is 35.0 Å². The summed E-state index contributed by atoms with van der Waals surface area (Å²) < 4.78 is 5.92. The van der Waals surface area contributed by atoms with E-state index >= 15 is 0 Å². The van der Waals surface area contributed by atoms with E-state index in [0.717, 1.165) is 19.3 Å². The summed E-state index contributed by atoms with van der Waals surface area (Å²) in [5.74, 6) is 0. The first-order chi connectivity index (χ1) is 7.36. The van der Waals surface area contributed by atoms with E-state index < -0.39 is 5.60 Å². The van der Waals surface area contributed by atoms with Gasteiger partial charge in [0.2, 0.25) is 0 Å². The van der Waals surface area contributed by atoms with Crippen molar-refractivity contribution in [1.82, 2.24) is 5.32 Å². The molecule has 3 nitrogen and oxygen atoms in total. The monoisotopic (exact) mass is 227 g/mol. The van der Waals surface area contributed by atoms with Crippen molar-refractivity contribution in [3.63, 3.8) is 0 Å². The Morgan fingerprint density at radius 1 is 1.38 bits per heavy atom. The van der Waals surface area contributed by atoms with Gasteiger partial charge in [-0.1, -0.05) is 0 Å². The predicted molar refractivity (Wildman–Crippen MR) is 64.5 cm³/mol. The lowest BCUT2D eigenvalue weighted by Crippen LogP contribution is -2.41. The number of aliphatic hydroxyl groups is 1. The molecule has 1 aliphatic heterocycles. The average molecular weight is 227 g/mol. The summed E-state index contributed by atoms with van der Waals surface area (Å²) in [6, 6.07) is 0.660. The Labute approximate surface area is 98.6 Å². The summed E-state index contributed by atoms with van der Waals surface area (Å²) in [6.45, 7) is 6.86. The van der Waals surface area contributed by atoms with Crippen LogP contribution in [0.2, 0.25) is 0 Å². The molecule has 2 N–H and O–H groups in total. The van der Waals surface area contributed by atoms with Gasteiger partial charge in [-0.25, -0.2) is 0 Å². The zero-order valence-corrected chi connectivity index (χ0v) is 10.8. The van der Waals surface area contributed by atoms with Gasteiger partial charge in [-0.15, -0.1) is 0 Å². The largest absolute Gasteiger partial charge is 0.389 e. The van der Waals surface area contributed by atoms with E-state index in [2.05, 4.69) is 19.2 Å². The quantitative estimate of drug-likeness (QED) is 0.753. The van der Waals surface area contributed by atoms with Crippen molar-refractivity contribution >= 4 is 0 Å². The fourth-order valence-electron chi connectivity index (χ4n) is 2.44. The summed E-state index contributed by atoms with van der Waals surface area (Å²) in [6.07, 6.45) is 5.68. The van der Waals surface area contributed by atoms with Gasteiger partial charge < -0.3 is 15.2 Å². The first-order valence-corrected chi connectivity index (χ1v) is 6.50. The molecule has 1 heterocycles. The summed E-state index contributed by atoms with van der Waals surface area (Å²) in [4.78, 5) is 0. The predicted octanol–water partition coefficient (Wildman–Crippen LogP) is 1.84. The third kappa shape index (κ3) is 3.72. The standard InChI is InChI=1S/C13H25NO2/c1-12(2)7-6-11(16-12)8-13(3,15)9-14-10-4-5-10/h10-11,14-15H,4-9H2,1-3H3. The maximum Gasteiger partial charge on any atom is 0.0768 e. The van der Waals surface area contributed by atoms with Crippen LogP contribution in [0.15, 0.2) is 0 Å². The van der Waals surface area contributed by atoms with Crippen LogP contribution in [0.25, 0.3) is 0 Å². The normalized spacial score (nSPS) is 32.6. The molecule has 2 rings (SSSR count). The highest BCUT2D eigenvalue weighted by molar-refractivity contribution is 4.89. The molecule has 1 saturated heterocycles. The molecule has 1 aliphatic carbocycles. The third-order valence-corrected chi connectivity index (χ3v) is 3.57. The van der Waals surface area contributed by atoms with E-state index in [0.29, 0.717) is 12.6 Å². The molecule has 0 amide bonds. The summed E-state index contributed by atoms with van der Waals surface area (Å²) in [7, 11) is 0. The lowest BCUT2D eigenvalue weighted by atomic mass is 9.96. The van der Waals surface area contributed by atoms with E-state index in [1.54, 1.807) is 0 Å². The Morgan fingerprint density at radius 3 is 2.56 bits per heavy atom. The molecule has 0 radical (unpaired) electrons. The molecule has 1 saturated carbocycles. The Kier molecular flexibility index (Phi) is 3.30. The van der Waals surface area contributed by atoms with Crippen molar-refractivity contribution in [2.24, 2.45) is 0 Å². The second-order valence-corrected chi connectivity index (χ2v) is 6.39. The number of hydrogen-bond donors (Lipinski definition) is 2. The lowest BCUT2D eigenvalue weighted by molar-refractivity contribution is -0.0575. The second kappa shape index (κ2) is 4.28. The molecule has 94 valence electrons. The molecule has 2 unspecified atom stereocenters. The molecule has 0 aromatic carbocycles. The van der Waals surface area contributed by atoms with Crippen LogP contribution >= 0.6 is 0 Å². The summed E-state index contributed by atoms with van der Waals surface area (Å²) >= 11 is 0. The van der Waals surface area contributed by atoms with Gasteiger partial charge in [0.25, 0.3) is 0 Å². The Balaban J connectivity index is 1.74. The highest BCUT2D eigenvalue weighted by Gasteiger charge is 2.36. The van der Waals surface area contributed by atoms with Crippen LogP contribution in [0.1, 0.15) is 52.9 Å². The van der Waals surface area contributed by atoms with Crippen molar-refractivity contribution in [1.29, 1.82) is 0 Å². The van der Waals surface area contributed by atoms with Gasteiger partial charge in [-0.2, -0.15) is 0 Å². The molecular formula is C13H25NO2. The van der Waals surface area contributed by atoms with E-state index in [9.17, 15) is 5.11 Å². The van der Waals surface area contributed by atoms with Crippen molar-refractivity contribution < 1.29 is 9.84 Å². The molecular weight excluding hydrogens is 202 g/mol. The van der Waals surface area contributed by atoms with E-state index in [1.165, 1.54) is 12.8 Å². The Morgan fingerprint density at radius 2 is 2.06 bits per heavy atom. The highest BCUT2D eigenvalue weighted by atomic mass is 16.5. The number of hydrogen-bond acceptors (Lipinski definition) is 3. The average Bonchev–Trinajstić information content (AvgIpc) is 2.89. The first-order valence-electron chi connectivity index (χ1n) is 6.50. The van der Waals surface area contributed by atoms with Gasteiger partial charge >= 0.3 is 0 Å². The van der Waals surface area contributed by atoms with Crippen LogP contribution in [-0.2, 0) is 4.74 Å². The highest BCUT2D eigenvalue weighted by Crippen LogP contribution is 2.33. The lowest BCUT2D eigenvalue weighted by Gasteiger charge is -2.28. The van der Waals surface area contributed by atoms with Crippen molar-refractivity contribution in [3.05, 3.63) is 0 Å². The first kappa shape index (κ1) is 12.3. The molecule has 3 heteroatoms. The topological polar surface area (TPSA) is 41.5 Å². The fraction of sp³-hybridized carbons (Fsp3) is 1.00. The van der Waals surface area contributed by atoms with Gasteiger partial charge in [-0.3, -0.25) is 0 Å². The van der Waals surface area contributed by atoms with Crippen LogP contribution in [0.4, 0.5) is 0 Å². The zero-order valence-electron chi connectivity index (χ0n) is 10.8. The fourth-order valence-corrected chi connectivity index (χ4v) is 2.44. The van der Waals surface area contributed by atoms with Crippen LogP contribution in [0.3, 0.4) is 0 Å². The van der Waals surface area contributed by atoms with Gasteiger partial charge in [0, 0.05) is 19.0 Å². The Hall–Kier alpha value is -0.120. The summed E-state index contributed by atoms with van der Waals surface area (Å²) in [5, 5.41) is 13.7. The molecule has 0 aromatic rings. The van der Waals surface area contributed by atoms with E-state index in [-0.39, 0.29) is 11.7 Å². The van der Waals surface area contributed by atoms with Crippen LogP contribution in [0.5, 0.6) is 0 Å². The molecule has 0 spiro atoms. The van der Waals surface area contributed by atoms with Gasteiger partial charge in [0.05, 0.1) is 17.3 Å². The number of nitrogens with one attached hydrogen (secondary N) is 1. The van der Waals surface area contributed by atoms with Crippen molar-refractivity contribution in [2.45, 2.75) is 76.2 Å². The Bertz CT molecular complexity index is 246. The zero-order chi connectivity index (χ0) is 11.8. The van der Waals surface area contributed by atoms with Crippen molar-refractivity contribution in [2.75, 3.05) is 6.54 Å². The number of ether oxygens (including phenoxy) is 1. The van der Waals surface area contributed by atoms with Crippen molar-refractivity contribution in [3.8, 4) is 0 Å². The van der Waals surface area contributed by atoms with Crippen LogP contribution < -0.4 is 5.32 Å². The van der Waals surface area contributed by atoms with Gasteiger partial charge in [-0.05, 0) is 46.5 Å². The maximum absolute atomic E-state index is 10.3. The molecule has 16 heavy (non-hydrogen) atoms. The van der Waals surface area contributed by atoms with E-state index in [1.807, 2.05) is 6.92 Å². The SMILES string of the molecule is CC(O)(CNC1CC1)CC1CCC(C)(C)O1. The minimum absolute atomic E-state index is 0.00463. The van der Waals surface area contributed by atoms with Gasteiger partial charge in [0.15, 0.2) is 0 Å². The minimum Gasteiger partial charge on any atom is -0.389 e. The van der Waals surface area contributed by atoms with Gasteiger partial charge in [0.1, 0.15) is 0 Å². The third-order valence-electron chi connectivity index (χ3n) is 3.57. The number of rotatable bonds is 5. The maximum atomic E-state index is 10.3. The molecule has 0 bridgehead atoms. The minimum atomic E-state index is -0.631. The second-order valence-electron chi connectivity index (χ2n) is 6.39. The van der Waals surface area contributed by atoms with Crippen LogP contribution in [0, 0.1) is 0 Å².